The van der Waals surface area contributed by atoms with Crippen LogP contribution in [0.2, 0.25) is 0 Å². The third kappa shape index (κ3) is 2.65. The van der Waals surface area contributed by atoms with Gasteiger partial charge in [-0.25, -0.2) is 0 Å². The minimum atomic E-state index is 0. The van der Waals surface area contributed by atoms with Crippen molar-refractivity contribution in [1.29, 1.82) is 0 Å². The largest absolute Gasteiger partial charge is 0.567 e. The second kappa shape index (κ2) is 5.56. The van der Waals surface area contributed by atoms with Gasteiger partial charge in [0.25, 0.3) is 0 Å². The second-order valence-electron chi connectivity index (χ2n) is 2.08. The number of aldehydes is 1. The minimum absolute atomic E-state index is 0. The van der Waals surface area contributed by atoms with Crippen molar-refractivity contribution in [3.8, 4) is 0 Å². The van der Waals surface area contributed by atoms with Crippen molar-refractivity contribution in [1.82, 2.24) is 4.98 Å². The summed E-state index contributed by atoms with van der Waals surface area (Å²) in [5.74, 6) is 0. The van der Waals surface area contributed by atoms with Crippen LogP contribution in [0.4, 0.5) is 0 Å². The maximum atomic E-state index is 10.3. The van der Waals surface area contributed by atoms with Gasteiger partial charge in [-0.1, -0.05) is 11.6 Å². The van der Waals surface area contributed by atoms with Gasteiger partial charge in [0.05, 0.1) is 5.69 Å². The summed E-state index contributed by atoms with van der Waals surface area (Å²) in [5.41, 5.74) is 1.64. The van der Waals surface area contributed by atoms with Crippen LogP contribution >= 0.6 is 0 Å². The molecule has 5 heteroatoms. The molecule has 0 aliphatic carbocycles. The van der Waals surface area contributed by atoms with E-state index in [0.29, 0.717) is 23.1 Å². The Kier molecular flexibility index (Phi) is 5.49. The van der Waals surface area contributed by atoms with E-state index in [4.69, 9.17) is 4.42 Å². The van der Waals surface area contributed by atoms with E-state index in [0.717, 1.165) is 0 Å². The van der Waals surface area contributed by atoms with Gasteiger partial charge in [-0.15, -0.1) is 0 Å². The van der Waals surface area contributed by atoms with Crippen LogP contribution in [-0.4, -0.2) is 11.3 Å². The van der Waals surface area contributed by atoms with Crippen molar-refractivity contribution in [2.75, 3.05) is 0 Å². The van der Waals surface area contributed by atoms with Crippen LogP contribution in [0.1, 0.15) is 10.5 Å². The molecule has 2 heterocycles. The molecule has 0 spiro atoms. The molecule has 0 atom stereocenters. The van der Waals surface area contributed by atoms with Gasteiger partial charge in [0.15, 0.2) is 6.29 Å². The molecule has 64 valence electrons. The first-order valence-electron chi connectivity index (χ1n) is 3.11. The number of nitrogens with zero attached hydrogens (tertiary/aromatic N) is 1. The Labute approximate surface area is 108 Å². The third-order valence-corrected chi connectivity index (χ3v) is 1.38. The number of rotatable bonds is 1. The molecular weight excluding hydrogens is 474 g/mol. The molecule has 0 aromatic carbocycles. The molecule has 13 heavy (non-hydrogen) atoms. The molecule has 0 unspecified atom stereocenters. The average molecular weight is 478 g/mol. The van der Waals surface area contributed by atoms with Crippen LogP contribution in [0.5, 0.6) is 0 Å². The van der Waals surface area contributed by atoms with Gasteiger partial charge in [-0.05, 0) is 17.9 Å². The molecule has 2 rings (SSSR count). The smallest absolute Gasteiger partial charge is 0.168 e. The third-order valence-electron chi connectivity index (χ3n) is 1.38. The summed E-state index contributed by atoms with van der Waals surface area (Å²) in [6.45, 7) is 0. The van der Waals surface area contributed by atoms with Gasteiger partial charge in [0.1, 0.15) is 0 Å². The molecular formula is C8H4AmNO2Y-. The van der Waals surface area contributed by atoms with Crippen LogP contribution in [0.15, 0.2) is 22.8 Å². The van der Waals surface area contributed by atoms with E-state index in [1.54, 1.807) is 12.1 Å². The monoisotopic (exact) mass is 476 g/mol. The quantitative estimate of drug-likeness (QED) is 0.461. The van der Waals surface area contributed by atoms with Gasteiger partial charge in [0, 0.05) is 47.0 Å². The van der Waals surface area contributed by atoms with Crippen molar-refractivity contribution >= 4 is 17.4 Å². The topological polar surface area (TPSA) is 43.1 Å². The first kappa shape index (κ1) is 12.9. The molecule has 0 amide bonds. The van der Waals surface area contributed by atoms with Crippen molar-refractivity contribution in [2.45, 2.75) is 0 Å². The van der Waals surface area contributed by atoms with Gasteiger partial charge in [-0.2, -0.15) is 6.07 Å². The van der Waals surface area contributed by atoms with E-state index in [2.05, 4.69) is 11.1 Å². The van der Waals surface area contributed by atoms with E-state index in [-0.39, 0.29) is 47.0 Å². The zero-order valence-electron chi connectivity index (χ0n) is 6.53. The molecule has 0 aliphatic rings. The molecule has 0 saturated heterocycles. The average Bonchev–Trinajstić information content (AvgIpc) is 2.50. The predicted octanol–water partition coefficient (Wildman–Crippen LogP) is 1.44. The molecule has 3 nitrogen and oxygen atoms in total. The van der Waals surface area contributed by atoms with E-state index >= 15 is 0 Å². The molecule has 0 bridgehead atoms. The van der Waals surface area contributed by atoms with Crippen molar-refractivity contribution in [3.63, 3.8) is 0 Å². The molecule has 2 aromatic heterocycles. The van der Waals surface area contributed by atoms with Gasteiger partial charge in [0.2, 0.25) is 0 Å². The number of fused-ring (bicyclic) bond motifs is 1. The van der Waals surface area contributed by atoms with E-state index < -0.39 is 0 Å². The summed E-state index contributed by atoms with van der Waals surface area (Å²) in [7, 11) is 0. The maximum absolute atomic E-state index is 10.3. The van der Waals surface area contributed by atoms with Crippen molar-refractivity contribution in [3.05, 3.63) is 30.2 Å². The fourth-order valence-electron chi connectivity index (χ4n) is 0.874. The second-order valence-corrected chi connectivity index (χ2v) is 2.08. The normalized spacial score (nSPS) is 8.62. The zero-order chi connectivity index (χ0) is 7.68. The molecule has 0 saturated carbocycles. The van der Waals surface area contributed by atoms with Crippen molar-refractivity contribution < 1.29 is 56.2 Å². The Morgan fingerprint density at radius 3 is 2.92 bits per heavy atom. The summed E-state index contributed by atoms with van der Waals surface area (Å²) < 4.78 is 4.98. The Hall–Kier alpha value is -0.146. The van der Waals surface area contributed by atoms with Crippen LogP contribution < -0.4 is 0 Å². The van der Waals surface area contributed by atoms with E-state index in [9.17, 15) is 4.79 Å². The first-order chi connectivity index (χ1) is 5.40. The molecule has 0 N–H and O–H groups in total. The molecule has 0 aliphatic heterocycles. The summed E-state index contributed by atoms with van der Waals surface area (Å²) in [5, 5.41) is 0. The number of carbonyl (C=O) groups excluding carboxylic acids is 1. The van der Waals surface area contributed by atoms with Crippen LogP contribution in [0.3, 0.4) is 0 Å². The fourth-order valence-corrected chi connectivity index (χ4v) is 0.874. The standard InChI is InChI=1S/C8H4NO2.Am.Y/c10-5-6-1-2-8-7(9-6)3-4-11-8;;/h1-2,4-5H;;/q-1;;. The summed E-state index contributed by atoms with van der Waals surface area (Å²) in [6, 6.07) is 6.06. The molecule has 0 fully saturated rings. The van der Waals surface area contributed by atoms with Gasteiger partial charge in [-0.3, -0.25) is 9.78 Å². The zero-order valence-corrected chi connectivity index (χ0v) is 12.5. The number of furan rings is 1. The Balaban J connectivity index is 0.000000720. The fraction of sp³-hybridized carbons (Fsp3) is 0. The van der Waals surface area contributed by atoms with E-state index in [1.165, 1.54) is 6.26 Å². The van der Waals surface area contributed by atoms with Crippen LogP contribution in [0.25, 0.3) is 11.1 Å². The number of hydrogen-bond acceptors (Lipinski definition) is 3. The van der Waals surface area contributed by atoms with E-state index in [1.807, 2.05) is 0 Å². The predicted molar refractivity (Wildman–Crippen MR) is 38.2 cm³/mol. The van der Waals surface area contributed by atoms with Crippen molar-refractivity contribution in [2.24, 2.45) is 0 Å². The van der Waals surface area contributed by atoms with Crippen LogP contribution in [-0.2, 0) is 32.7 Å². The minimum Gasteiger partial charge on any atom is -0.567 e. The van der Waals surface area contributed by atoms with Gasteiger partial charge >= 0.3 is 0 Å². The van der Waals surface area contributed by atoms with Gasteiger partial charge < -0.3 is 4.42 Å². The number of aromatic nitrogens is 1. The Morgan fingerprint density at radius 1 is 1.46 bits per heavy atom. The van der Waals surface area contributed by atoms with Crippen LogP contribution in [0, 0.1) is 20.3 Å². The number of carbonyl (C=O) groups is 1. The molecule has 2 radical (unpaired) electrons. The summed E-state index contributed by atoms with van der Waals surface area (Å²) >= 11 is 0. The summed E-state index contributed by atoms with van der Waals surface area (Å²) in [6.07, 6.45) is 2.12. The molecule has 2 aromatic rings. The number of pyridine rings is 1. The first-order valence-corrected chi connectivity index (χ1v) is 3.11. The number of hydrogen-bond donors (Lipinski definition) is 0. The SMILES string of the molecule is O=Cc1ccc2oc[c-]c2n1.[Am].[Y]. The Morgan fingerprint density at radius 2 is 2.23 bits per heavy atom. The Bertz CT molecular complexity index is 402. The maximum Gasteiger partial charge on any atom is 0.168 e. The summed E-state index contributed by atoms with van der Waals surface area (Å²) in [4.78, 5) is 14.2.